The van der Waals surface area contributed by atoms with Gasteiger partial charge in [0.1, 0.15) is 5.60 Å². The normalized spacial score (nSPS) is 20.7. The summed E-state index contributed by atoms with van der Waals surface area (Å²) >= 11 is 6.18. The number of piperazine rings is 1. The van der Waals surface area contributed by atoms with Crippen molar-refractivity contribution >= 4 is 34.7 Å². The lowest BCUT2D eigenvalue weighted by molar-refractivity contribution is 0.00896. The predicted octanol–water partition coefficient (Wildman–Crippen LogP) is 2.48. The van der Waals surface area contributed by atoms with Gasteiger partial charge in [-0.3, -0.25) is 0 Å². The Morgan fingerprint density at radius 2 is 2.04 bits per heavy atom. The van der Waals surface area contributed by atoms with Crippen LogP contribution in [0.5, 0.6) is 0 Å². The monoisotopic (exact) mass is 410 g/mol. The Bertz CT molecular complexity index is 865. The quantitative estimate of drug-likeness (QED) is 0.718. The highest BCUT2D eigenvalue weighted by atomic mass is 35.5. The molecule has 1 amide bonds. The van der Waals surface area contributed by atoms with Crippen LogP contribution in [0, 0.1) is 0 Å². The van der Waals surface area contributed by atoms with Crippen LogP contribution < -0.4 is 4.90 Å². The molecule has 0 radical (unpaired) electrons. The summed E-state index contributed by atoms with van der Waals surface area (Å²) in [4.78, 5) is 29.7. The van der Waals surface area contributed by atoms with Gasteiger partial charge in [-0.2, -0.15) is 9.97 Å². The number of halogens is 1. The van der Waals surface area contributed by atoms with Crippen molar-refractivity contribution in [3.05, 3.63) is 11.6 Å². The van der Waals surface area contributed by atoms with Crippen molar-refractivity contribution in [2.45, 2.75) is 45.4 Å². The smallest absolute Gasteiger partial charge is 0.410 e. The van der Waals surface area contributed by atoms with Gasteiger partial charge in [0.05, 0.1) is 19.0 Å². The molecule has 2 aromatic heterocycles. The molecule has 10 heteroatoms. The molecule has 154 valence electrons. The number of anilines is 1. The highest BCUT2D eigenvalue weighted by molar-refractivity contribution is 6.28. The van der Waals surface area contributed by atoms with E-state index in [-0.39, 0.29) is 23.5 Å². The summed E-state index contributed by atoms with van der Waals surface area (Å²) in [5, 5.41) is 0.157. The average Bonchev–Trinajstić information content (AvgIpc) is 2.95. The summed E-state index contributed by atoms with van der Waals surface area (Å²) in [5.41, 5.74) is 0.782. The van der Waals surface area contributed by atoms with Crippen LogP contribution in [0.15, 0.2) is 6.33 Å². The summed E-state index contributed by atoms with van der Waals surface area (Å²) in [6.07, 6.45) is 1.36. The average molecular weight is 411 g/mol. The molecular formula is C18H27ClN6O3. The maximum atomic E-state index is 12.7. The van der Waals surface area contributed by atoms with Crippen LogP contribution in [0.3, 0.4) is 0 Å². The highest BCUT2D eigenvalue weighted by Crippen LogP contribution is 2.29. The van der Waals surface area contributed by atoms with Crippen molar-refractivity contribution in [2.24, 2.45) is 7.05 Å². The Balaban J connectivity index is 1.94. The number of methoxy groups -OCH3 is 1. The minimum absolute atomic E-state index is 0.0875. The maximum absolute atomic E-state index is 12.7. The first-order chi connectivity index (χ1) is 13.1. The van der Waals surface area contributed by atoms with Gasteiger partial charge in [0.15, 0.2) is 17.0 Å². The van der Waals surface area contributed by atoms with Gasteiger partial charge >= 0.3 is 6.09 Å². The van der Waals surface area contributed by atoms with Gasteiger partial charge in [-0.15, -0.1) is 0 Å². The molecule has 1 saturated heterocycles. The number of carbonyl (C=O) groups is 1. The molecule has 1 aliphatic rings. The fourth-order valence-corrected chi connectivity index (χ4v) is 3.53. The number of aryl methyl sites for hydroxylation is 1. The number of fused-ring (bicyclic) bond motifs is 1. The van der Waals surface area contributed by atoms with Crippen LogP contribution in [0.4, 0.5) is 10.6 Å². The van der Waals surface area contributed by atoms with Gasteiger partial charge in [-0.05, 0) is 39.3 Å². The molecule has 28 heavy (non-hydrogen) atoms. The standard InChI is InChI=1S/C18H27ClN6O3/c1-11-7-25(15-13-14(21-16(19)22-15)23(5)10-20-13)12(9-27-6)8-24(11)17(26)28-18(2,3)4/h10-12H,7-9H2,1-6H3/t11-,12-/m1/s1. The second-order valence-electron chi connectivity index (χ2n) is 8.09. The van der Waals surface area contributed by atoms with Gasteiger partial charge in [0.25, 0.3) is 0 Å². The van der Waals surface area contributed by atoms with Crippen LogP contribution in [0.25, 0.3) is 11.2 Å². The number of amides is 1. The molecule has 2 atom stereocenters. The van der Waals surface area contributed by atoms with Crippen molar-refractivity contribution in [3.63, 3.8) is 0 Å². The summed E-state index contributed by atoms with van der Waals surface area (Å²) in [7, 11) is 3.50. The second-order valence-corrected chi connectivity index (χ2v) is 8.43. The summed E-state index contributed by atoms with van der Waals surface area (Å²) in [5.74, 6) is 0.647. The molecule has 9 nitrogen and oxygen atoms in total. The lowest BCUT2D eigenvalue weighted by atomic mass is 10.1. The Morgan fingerprint density at radius 3 is 2.68 bits per heavy atom. The van der Waals surface area contributed by atoms with E-state index in [0.717, 1.165) is 0 Å². The largest absolute Gasteiger partial charge is 0.444 e. The molecule has 1 aliphatic heterocycles. The van der Waals surface area contributed by atoms with Gasteiger partial charge in [-0.1, -0.05) is 0 Å². The van der Waals surface area contributed by atoms with Crippen LogP contribution >= 0.6 is 11.6 Å². The molecular weight excluding hydrogens is 384 g/mol. The van der Waals surface area contributed by atoms with E-state index in [1.54, 1.807) is 22.9 Å². The van der Waals surface area contributed by atoms with E-state index in [0.29, 0.717) is 36.7 Å². The molecule has 0 spiro atoms. The molecule has 0 bridgehead atoms. The molecule has 0 unspecified atom stereocenters. The lowest BCUT2D eigenvalue weighted by Crippen LogP contribution is -2.61. The van der Waals surface area contributed by atoms with E-state index in [2.05, 4.69) is 19.9 Å². The third-order valence-corrected chi connectivity index (χ3v) is 4.78. The fraction of sp³-hybridized carbons (Fsp3) is 0.667. The van der Waals surface area contributed by atoms with Gasteiger partial charge in [0.2, 0.25) is 5.28 Å². The molecule has 0 N–H and O–H groups in total. The number of rotatable bonds is 3. The van der Waals surface area contributed by atoms with Crippen molar-refractivity contribution in [1.29, 1.82) is 0 Å². The lowest BCUT2D eigenvalue weighted by Gasteiger charge is -2.45. The van der Waals surface area contributed by atoms with E-state index in [1.165, 1.54) is 0 Å². The summed E-state index contributed by atoms with van der Waals surface area (Å²) in [6.45, 7) is 8.98. The summed E-state index contributed by atoms with van der Waals surface area (Å²) < 4.78 is 12.8. The fourth-order valence-electron chi connectivity index (χ4n) is 3.37. The number of hydrogen-bond acceptors (Lipinski definition) is 7. The molecule has 1 fully saturated rings. The Hall–Kier alpha value is -2.13. The second kappa shape index (κ2) is 7.71. The van der Waals surface area contributed by atoms with Crippen molar-refractivity contribution < 1.29 is 14.3 Å². The zero-order chi connectivity index (χ0) is 20.6. The van der Waals surface area contributed by atoms with Gasteiger partial charge in [0, 0.05) is 33.3 Å². The minimum Gasteiger partial charge on any atom is -0.444 e. The highest BCUT2D eigenvalue weighted by Gasteiger charge is 2.38. The van der Waals surface area contributed by atoms with E-state index in [4.69, 9.17) is 21.1 Å². The van der Waals surface area contributed by atoms with Crippen molar-refractivity contribution in [1.82, 2.24) is 24.4 Å². The van der Waals surface area contributed by atoms with Crippen LogP contribution in [-0.4, -0.2) is 75.0 Å². The maximum Gasteiger partial charge on any atom is 0.410 e. The number of aromatic nitrogens is 4. The first kappa shape index (κ1) is 20.6. The zero-order valence-electron chi connectivity index (χ0n) is 17.1. The summed E-state index contributed by atoms with van der Waals surface area (Å²) in [6, 6.07) is -0.208. The Labute approximate surface area is 169 Å². The van der Waals surface area contributed by atoms with Crippen LogP contribution in [-0.2, 0) is 16.5 Å². The number of nitrogens with zero attached hydrogens (tertiary/aromatic N) is 6. The Kier molecular flexibility index (Phi) is 5.67. The molecule has 2 aromatic rings. The van der Waals surface area contributed by atoms with E-state index in [9.17, 15) is 4.79 Å². The molecule has 0 aromatic carbocycles. The van der Waals surface area contributed by atoms with Crippen molar-refractivity contribution in [2.75, 3.05) is 31.7 Å². The van der Waals surface area contributed by atoms with Crippen molar-refractivity contribution in [3.8, 4) is 0 Å². The predicted molar refractivity (Wildman–Crippen MR) is 107 cm³/mol. The van der Waals surface area contributed by atoms with Gasteiger partial charge in [-0.25, -0.2) is 9.78 Å². The first-order valence-electron chi connectivity index (χ1n) is 9.20. The number of carbonyl (C=O) groups excluding carboxylic acids is 1. The van der Waals surface area contributed by atoms with E-state index < -0.39 is 5.60 Å². The molecule has 3 heterocycles. The van der Waals surface area contributed by atoms with E-state index >= 15 is 0 Å². The van der Waals surface area contributed by atoms with Crippen LogP contribution in [0.2, 0.25) is 5.28 Å². The number of hydrogen-bond donors (Lipinski definition) is 0. The molecule has 0 aliphatic carbocycles. The third kappa shape index (κ3) is 4.15. The van der Waals surface area contributed by atoms with Crippen LogP contribution in [0.1, 0.15) is 27.7 Å². The number of imidazole rings is 1. The topological polar surface area (TPSA) is 85.6 Å². The molecule has 0 saturated carbocycles. The van der Waals surface area contributed by atoms with E-state index in [1.807, 2.05) is 34.7 Å². The first-order valence-corrected chi connectivity index (χ1v) is 9.58. The van der Waals surface area contributed by atoms with Gasteiger partial charge < -0.3 is 23.8 Å². The Morgan fingerprint density at radius 1 is 1.32 bits per heavy atom. The third-order valence-electron chi connectivity index (χ3n) is 4.61. The molecule has 3 rings (SSSR count). The zero-order valence-corrected chi connectivity index (χ0v) is 17.9. The SMILES string of the molecule is COC[C@H]1CN(C(=O)OC(C)(C)C)[C@H](C)CN1c1nc(Cl)nc2c1ncn2C. The number of ether oxygens (including phenoxy) is 2. The minimum atomic E-state index is -0.551.